The van der Waals surface area contributed by atoms with Crippen LogP contribution in [0.25, 0.3) is 10.2 Å². The SMILES string of the molecule is CS(=O)(=O)c1csc2c(=O)n(C(CC3CCCCC3)C(=O)Cc3ncc(Cl)s3)cnc12. The molecular weight excluding hydrogens is 478 g/mol. The third kappa shape index (κ3) is 4.92. The second-order valence-electron chi connectivity index (χ2n) is 7.96. The average molecular weight is 500 g/mol. The van der Waals surface area contributed by atoms with E-state index in [1.54, 1.807) is 0 Å². The van der Waals surface area contributed by atoms with Gasteiger partial charge < -0.3 is 0 Å². The van der Waals surface area contributed by atoms with Crippen LogP contribution in [0.5, 0.6) is 0 Å². The van der Waals surface area contributed by atoms with E-state index >= 15 is 0 Å². The van der Waals surface area contributed by atoms with Gasteiger partial charge in [0.2, 0.25) is 0 Å². The number of hydrogen-bond donors (Lipinski definition) is 0. The minimum atomic E-state index is -3.50. The third-order valence-electron chi connectivity index (χ3n) is 5.71. The minimum Gasteiger partial charge on any atom is -0.297 e. The molecule has 7 nitrogen and oxygen atoms in total. The number of sulfone groups is 1. The molecule has 0 aliphatic heterocycles. The van der Waals surface area contributed by atoms with E-state index < -0.39 is 15.9 Å². The number of ketones is 1. The molecule has 3 heterocycles. The van der Waals surface area contributed by atoms with Gasteiger partial charge in [0.25, 0.3) is 5.56 Å². The highest BCUT2D eigenvalue weighted by Crippen LogP contribution is 2.32. The Balaban J connectivity index is 1.73. The summed E-state index contributed by atoms with van der Waals surface area (Å²) in [5, 5.41) is 2.05. The number of nitrogens with zero attached hydrogens (tertiary/aromatic N) is 3. The molecule has 3 aromatic heterocycles. The number of carbonyl (C=O) groups is 1. The molecule has 1 aliphatic rings. The van der Waals surface area contributed by atoms with Crippen molar-refractivity contribution in [3.8, 4) is 0 Å². The topological polar surface area (TPSA) is 99.0 Å². The van der Waals surface area contributed by atoms with Crippen molar-refractivity contribution in [3.05, 3.63) is 37.6 Å². The minimum absolute atomic E-state index is 0.0457. The zero-order valence-electron chi connectivity index (χ0n) is 16.9. The van der Waals surface area contributed by atoms with Gasteiger partial charge in [0.1, 0.15) is 24.5 Å². The number of halogens is 1. The van der Waals surface area contributed by atoms with Crippen LogP contribution < -0.4 is 5.56 Å². The summed E-state index contributed by atoms with van der Waals surface area (Å²) in [7, 11) is -3.50. The van der Waals surface area contributed by atoms with Crippen molar-refractivity contribution in [2.75, 3.05) is 6.26 Å². The summed E-state index contributed by atoms with van der Waals surface area (Å²) >= 11 is 8.26. The maximum absolute atomic E-state index is 13.3. The van der Waals surface area contributed by atoms with Gasteiger partial charge in [-0.05, 0) is 12.3 Å². The summed E-state index contributed by atoms with van der Waals surface area (Å²) in [6.45, 7) is 0. The predicted molar refractivity (Wildman–Crippen MR) is 123 cm³/mol. The van der Waals surface area contributed by atoms with Crippen LogP contribution in [0.2, 0.25) is 4.34 Å². The van der Waals surface area contributed by atoms with E-state index in [2.05, 4.69) is 9.97 Å². The summed E-state index contributed by atoms with van der Waals surface area (Å²) in [5.41, 5.74) is -0.208. The molecule has 1 unspecified atom stereocenters. The Bertz CT molecular complexity index is 1270. The molecule has 0 amide bonds. The molecular formula is C20H22ClN3O4S3. The Morgan fingerprint density at radius 3 is 2.68 bits per heavy atom. The van der Waals surface area contributed by atoms with Gasteiger partial charge in [-0.1, -0.05) is 43.7 Å². The van der Waals surface area contributed by atoms with Crippen molar-refractivity contribution in [2.24, 2.45) is 5.92 Å². The number of rotatable bonds is 7. The molecule has 3 aromatic rings. The van der Waals surface area contributed by atoms with Gasteiger partial charge >= 0.3 is 0 Å². The van der Waals surface area contributed by atoms with E-state index in [0.717, 1.165) is 43.3 Å². The van der Waals surface area contributed by atoms with Crippen LogP contribution in [0.3, 0.4) is 0 Å². The van der Waals surface area contributed by atoms with Crippen molar-refractivity contribution in [2.45, 2.75) is 55.9 Å². The number of carbonyl (C=O) groups excluding carboxylic acids is 1. The highest BCUT2D eigenvalue weighted by atomic mass is 35.5. The smallest absolute Gasteiger partial charge is 0.272 e. The van der Waals surface area contributed by atoms with Crippen molar-refractivity contribution in [1.82, 2.24) is 14.5 Å². The number of hydrogen-bond acceptors (Lipinski definition) is 8. The second-order valence-corrected chi connectivity index (χ2v) is 12.6. The first-order valence-corrected chi connectivity index (χ1v) is 14.0. The standard InChI is InChI=1S/C20H22ClN3O4S3/c1-31(27,28)15-10-29-19-18(15)23-11-24(20(19)26)13(7-12-5-3-2-4-6-12)14(25)8-17-22-9-16(21)30-17/h9-13H,2-8H2,1H3. The lowest BCUT2D eigenvalue weighted by atomic mass is 9.83. The van der Waals surface area contributed by atoms with Crippen LogP contribution in [-0.4, -0.2) is 35.0 Å². The first-order chi connectivity index (χ1) is 14.7. The molecule has 1 aliphatic carbocycles. The first kappa shape index (κ1) is 22.6. The monoisotopic (exact) mass is 499 g/mol. The molecule has 0 radical (unpaired) electrons. The van der Waals surface area contributed by atoms with Crippen LogP contribution in [0.1, 0.15) is 49.6 Å². The van der Waals surface area contributed by atoms with Crippen LogP contribution in [0, 0.1) is 5.92 Å². The zero-order chi connectivity index (χ0) is 22.2. The first-order valence-electron chi connectivity index (χ1n) is 10.1. The lowest BCUT2D eigenvalue weighted by molar-refractivity contribution is -0.122. The van der Waals surface area contributed by atoms with Gasteiger partial charge in [-0.15, -0.1) is 22.7 Å². The molecule has 0 N–H and O–H groups in total. The fraction of sp³-hybridized carbons (Fsp3) is 0.500. The summed E-state index contributed by atoms with van der Waals surface area (Å²) < 4.78 is 26.2. The number of thiophene rings is 1. The largest absolute Gasteiger partial charge is 0.297 e. The molecule has 0 saturated heterocycles. The molecule has 166 valence electrons. The zero-order valence-corrected chi connectivity index (χ0v) is 20.1. The van der Waals surface area contributed by atoms with E-state index in [1.165, 1.54) is 40.2 Å². The molecule has 1 saturated carbocycles. The van der Waals surface area contributed by atoms with Gasteiger partial charge in [-0.2, -0.15) is 0 Å². The van der Waals surface area contributed by atoms with Crippen LogP contribution in [-0.2, 0) is 21.1 Å². The quantitative estimate of drug-likeness (QED) is 0.480. The van der Waals surface area contributed by atoms with Crippen LogP contribution >= 0.6 is 34.3 Å². The molecule has 1 atom stereocenters. The normalized spacial score (nSPS) is 16.6. The summed E-state index contributed by atoms with van der Waals surface area (Å²) in [6.07, 6.45) is 10.1. The van der Waals surface area contributed by atoms with E-state index in [-0.39, 0.29) is 32.9 Å². The highest BCUT2D eigenvalue weighted by Gasteiger charge is 2.29. The summed E-state index contributed by atoms with van der Waals surface area (Å²) in [5.74, 6) is 0.250. The van der Waals surface area contributed by atoms with Crippen molar-refractivity contribution < 1.29 is 13.2 Å². The fourth-order valence-electron chi connectivity index (χ4n) is 4.16. The Morgan fingerprint density at radius 2 is 2.03 bits per heavy atom. The number of fused-ring (bicyclic) bond motifs is 1. The Hall–Kier alpha value is -1.62. The molecule has 0 spiro atoms. The third-order valence-corrected chi connectivity index (χ3v) is 9.04. The van der Waals surface area contributed by atoms with Gasteiger partial charge in [-0.25, -0.2) is 18.4 Å². The molecule has 0 aromatic carbocycles. The summed E-state index contributed by atoms with van der Waals surface area (Å²) in [4.78, 5) is 35.1. The maximum Gasteiger partial charge on any atom is 0.272 e. The van der Waals surface area contributed by atoms with Crippen LogP contribution in [0.15, 0.2) is 27.6 Å². The van der Waals surface area contributed by atoms with Crippen molar-refractivity contribution in [1.29, 1.82) is 0 Å². The molecule has 0 bridgehead atoms. The summed E-state index contributed by atoms with van der Waals surface area (Å²) in [6, 6.07) is -0.668. The van der Waals surface area contributed by atoms with Gasteiger partial charge in [0.05, 0.1) is 25.0 Å². The molecule has 1 fully saturated rings. The van der Waals surface area contributed by atoms with Gasteiger partial charge in [0, 0.05) is 11.6 Å². The molecule has 31 heavy (non-hydrogen) atoms. The predicted octanol–water partition coefficient (Wildman–Crippen LogP) is 4.29. The lowest BCUT2D eigenvalue weighted by Crippen LogP contribution is -2.32. The van der Waals surface area contributed by atoms with E-state index in [1.807, 2.05) is 0 Å². The van der Waals surface area contributed by atoms with E-state index in [0.29, 0.717) is 21.7 Å². The Morgan fingerprint density at radius 1 is 1.29 bits per heavy atom. The van der Waals surface area contributed by atoms with Gasteiger partial charge in [-0.3, -0.25) is 14.2 Å². The highest BCUT2D eigenvalue weighted by molar-refractivity contribution is 7.91. The molecule has 4 rings (SSSR count). The van der Waals surface area contributed by atoms with Gasteiger partial charge in [0.15, 0.2) is 15.6 Å². The van der Waals surface area contributed by atoms with Crippen molar-refractivity contribution in [3.63, 3.8) is 0 Å². The number of aromatic nitrogens is 3. The number of thiazole rings is 1. The number of Topliss-reactive ketones (excluding diaryl/α,β-unsaturated/α-hetero) is 1. The van der Waals surface area contributed by atoms with Crippen molar-refractivity contribution >= 4 is 60.1 Å². The molecule has 11 heteroatoms. The fourth-order valence-corrected chi connectivity index (χ4v) is 7.36. The Labute approximate surface area is 193 Å². The van der Waals surface area contributed by atoms with E-state index in [4.69, 9.17) is 11.6 Å². The maximum atomic E-state index is 13.3. The average Bonchev–Trinajstić information content (AvgIpc) is 3.34. The van der Waals surface area contributed by atoms with E-state index in [9.17, 15) is 18.0 Å². The van der Waals surface area contributed by atoms with Crippen LogP contribution in [0.4, 0.5) is 0 Å². The second kappa shape index (κ2) is 9.09. The lowest BCUT2D eigenvalue weighted by Gasteiger charge is -2.26. The Kier molecular flexibility index (Phi) is 6.62.